The van der Waals surface area contributed by atoms with Crippen LogP contribution in [0.5, 0.6) is 0 Å². The number of hydrogen-bond acceptors (Lipinski definition) is 6. The van der Waals surface area contributed by atoms with E-state index in [1.165, 1.54) is 24.3 Å². The monoisotopic (exact) mass is 329 g/mol. The Bertz CT molecular complexity index is 644. The maximum absolute atomic E-state index is 12.6. The van der Waals surface area contributed by atoms with E-state index >= 15 is 0 Å². The van der Waals surface area contributed by atoms with Crippen LogP contribution in [0.25, 0.3) is 0 Å². The molecular formula is C14H19NO6S. The summed E-state index contributed by atoms with van der Waals surface area (Å²) in [7, 11) is -3.90. The van der Waals surface area contributed by atoms with Gasteiger partial charge in [-0.3, -0.25) is 0 Å². The van der Waals surface area contributed by atoms with Gasteiger partial charge in [-0.2, -0.15) is 4.31 Å². The summed E-state index contributed by atoms with van der Waals surface area (Å²) in [5.41, 5.74) is 0.142. The molecule has 2 rings (SSSR count). The zero-order valence-electron chi connectivity index (χ0n) is 12.2. The van der Waals surface area contributed by atoms with Crippen LogP contribution in [-0.2, 0) is 14.8 Å². The van der Waals surface area contributed by atoms with Gasteiger partial charge < -0.3 is 14.9 Å². The number of hydrogen-bond donors (Lipinski definition) is 2. The van der Waals surface area contributed by atoms with E-state index < -0.39 is 28.1 Å². The van der Waals surface area contributed by atoms with Crippen molar-refractivity contribution in [2.45, 2.75) is 30.4 Å². The van der Waals surface area contributed by atoms with E-state index in [1.54, 1.807) is 6.92 Å². The van der Waals surface area contributed by atoms with Gasteiger partial charge in [-0.05, 0) is 31.5 Å². The molecule has 1 heterocycles. The molecule has 122 valence electrons. The molecule has 1 aromatic rings. The fraction of sp³-hybridized carbons (Fsp3) is 0.500. The third-order valence-electron chi connectivity index (χ3n) is 3.50. The third-order valence-corrected chi connectivity index (χ3v) is 5.42. The first-order valence-electron chi connectivity index (χ1n) is 6.98. The number of ether oxygens (including phenoxy) is 1. The number of carbonyl (C=O) groups is 1. The van der Waals surface area contributed by atoms with Gasteiger partial charge in [0.1, 0.15) is 0 Å². The van der Waals surface area contributed by atoms with Crippen LogP contribution in [0.3, 0.4) is 0 Å². The summed E-state index contributed by atoms with van der Waals surface area (Å²) in [6, 6.07) is 4.88. The second-order valence-corrected chi connectivity index (χ2v) is 6.94. The van der Waals surface area contributed by atoms with E-state index in [0.29, 0.717) is 0 Å². The number of aliphatic hydroxyl groups is 2. The van der Waals surface area contributed by atoms with E-state index in [9.17, 15) is 23.4 Å². The molecule has 0 amide bonds. The van der Waals surface area contributed by atoms with Gasteiger partial charge in [0.05, 0.1) is 35.8 Å². The maximum Gasteiger partial charge on any atom is 0.338 e. The lowest BCUT2D eigenvalue weighted by atomic mass is 10.2. The summed E-state index contributed by atoms with van der Waals surface area (Å²) in [5, 5.41) is 18.9. The first-order chi connectivity index (χ1) is 10.4. The lowest BCUT2D eigenvalue weighted by Gasteiger charge is -2.22. The third kappa shape index (κ3) is 3.30. The van der Waals surface area contributed by atoms with Gasteiger partial charge in [-0.25, -0.2) is 13.2 Å². The van der Waals surface area contributed by atoms with Crippen molar-refractivity contribution in [3.8, 4) is 0 Å². The summed E-state index contributed by atoms with van der Waals surface area (Å²) < 4.78 is 31.2. The van der Waals surface area contributed by atoms with E-state index in [2.05, 4.69) is 0 Å². The van der Waals surface area contributed by atoms with Crippen LogP contribution in [0.2, 0.25) is 0 Å². The smallest absolute Gasteiger partial charge is 0.338 e. The SMILES string of the molecule is CCOC(=O)c1cccc(S(=O)(=O)N2C[C@H](O)C[C@@H]2CO)c1. The molecule has 7 nitrogen and oxygen atoms in total. The standard InChI is InChI=1S/C14H19NO6S/c1-2-21-14(18)10-4-3-5-13(6-10)22(19,20)15-8-12(17)7-11(15)9-16/h3-6,11-12,16-17H,2,7-9H2,1H3/t11-,12-/m1/s1. The van der Waals surface area contributed by atoms with Crippen LogP contribution in [-0.4, -0.2) is 60.8 Å². The van der Waals surface area contributed by atoms with Crippen LogP contribution in [0.1, 0.15) is 23.7 Å². The molecule has 2 atom stereocenters. The Morgan fingerprint density at radius 3 is 2.82 bits per heavy atom. The Kier molecular flexibility index (Phi) is 5.17. The van der Waals surface area contributed by atoms with E-state index in [4.69, 9.17) is 4.74 Å². The van der Waals surface area contributed by atoms with Crippen molar-refractivity contribution in [3.63, 3.8) is 0 Å². The molecule has 1 saturated heterocycles. The van der Waals surface area contributed by atoms with Gasteiger partial charge in [-0.15, -0.1) is 0 Å². The van der Waals surface area contributed by atoms with Gasteiger partial charge in [0.25, 0.3) is 0 Å². The molecule has 0 aromatic heterocycles. The molecule has 1 aromatic carbocycles. The Hall–Kier alpha value is -1.48. The molecular weight excluding hydrogens is 310 g/mol. The number of aliphatic hydroxyl groups excluding tert-OH is 2. The second kappa shape index (κ2) is 6.74. The summed E-state index contributed by atoms with van der Waals surface area (Å²) in [6.07, 6.45) is -0.618. The first-order valence-corrected chi connectivity index (χ1v) is 8.42. The van der Waals surface area contributed by atoms with E-state index in [-0.39, 0.29) is 36.6 Å². The molecule has 0 spiro atoms. The number of nitrogens with zero attached hydrogens (tertiary/aromatic N) is 1. The Morgan fingerprint density at radius 2 is 2.18 bits per heavy atom. The average molecular weight is 329 g/mol. The summed E-state index contributed by atoms with van der Waals surface area (Å²) in [4.78, 5) is 11.6. The van der Waals surface area contributed by atoms with Crippen molar-refractivity contribution in [1.82, 2.24) is 4.31 Å². The lowest BCUT2D eigenvalue weighted by Crippen LogP contribution is -2.38. The minimum atomic E-state index is -3.90. The van der Waals surface area contributed by atoms with Crippen LogP contribution in [0.15, 0.2) is 29.2 Å². The molecule has 1 aliphatic heterocycles. The normalized spacial score (nSPS) is 22.7. The number of rotatable bonds is 5. The highest BCUT2D eigenvalue weighted by Crippen LogP contribution is 2.26. The Labute approximate surface area is 129 Å². The van der Waals surface area contributed by atoms with Gasteiger partial charge in [-0.1, -0.05) is 6.07 Å². The highest BCUT2D eigenvalue weighted by Gasteiger charge is 2.39. The zero-order valence-corrected chi connectivity index (χ0v) is 13.0. The first kappa shape index (κ1) is 16.9. The molecule has 1 fully saturated rings. The van der Waals surface area contributed by atoms with Crippen molar-refractivity contribution in [2.24, 2.45) is 0 Å². The molecule has 2 N–H and O–H groups in total. The quantitative estimate of drug-likeness (QED) is 0.736. The summed E-state index contributed by atoms with van der Waals surface area (Å²) in [6.45, 7) is 1.42. The number of esters is 1. The number of benzene rings is 1. The van der Waals surface area contributed by atoms with Crippen molar-refractivity contribution in [1.29, 1.82) is 0 Å². The fourth-order valence-electron chi connectivity index (χ4n) is 2.46. The molecule has 0 bridgehead atoms. The van der Waals surface area contributed by atoms with Gasteiger partial charge in [0.15, 0.2) is 0 Å². The van der Waals surface area contributed by atoms with Crippen molar-refractivity contribution in [2.75, 3.05) is 19.8 Å². The average Bonchev–Trinajstić information content (AvgIpc) is 2.89. The minimum Gasteiger partial charge on any atom is -0.462 e. The highest BCUT2D eigenvalue weighted by atomic mass is 32.2. The highest BCUT2D eigenvalue weighted by molar-refractivity contribution is 7.89. The molecule has 0 saturated carbocycles. The van der Waals surface area contributed by atoms with Crippen LogP contribution < -0.4 is 0 Å². The van der Waals surface area contributed by atoms with E-state index in [1.807, 2.05) is 0 Å². The number of carbonyl (C=O) groups excluding carboxylic acids is 1. The van der Waals surface area contributed by atoms with Crippen molar-refractivity contribution in [3.05, 3.63) is 29.8 Å². The molecule has 0 radical (unpaired) electrons. The predicted molar refractivity (Wildman–Crippen MR) is 77.8 cm³/mol. The fourth-order valence-corrected chi connectivity index (χ4v) is 4.17. The molecule has 0 aliphatic carbocycles. The predicted octanol–water partition coefficient (Wildman–Crippen LogP) is -0.0205. The van der Waals surface area contributed by atoms with Gasteiger partial charge in [0, 0.05) is 6.54 Å². The topological polar surface area (TPSA) is 104 Å². The van der Waals surface area contributed by atoms with Crippen molar-refractivity contribution >= 4 is 16.0 Å². The second-order valence-electron chi connectivity index (χ2n) is 5.05. The van der Waals surface area contributed by atoms with Crippen LogP contribution >= 0.6 is 0 Å². The Balaban J connectivity index is 2.34. The van der Waals surface area contributed by atoms with Crippen molar-refractivity contribution < 1.29 is 28.2 Å². The zero-order chi connectivity index (χ0) is 16.3. The maximum atomic E-state index is 12.6. The van der Waals surface area contributed by atoms with Gasteiger partial charge >= 0.3 is 5.97 Å². The van der Waals surface area contributed by atoms with Crippen LogP contribution in [0, 0.1) is 0 Å². The molecule has 8 heteroatoms. The molecule has 1 aliphatic rings. The number of β-amino-alcohol motifs (C(OH)–C–C–N with tert-alkyl or cyclic N) is 1. The number of sulfonamides is 1. The molecule has 0 unspecified atom stereocenters. The largest absolute Gasteiger partial charge is 0.462 e. The molecule has 22 heavy (non-hydrogen) atoms. The van der Waals surface area contributed by atoms with Gasteiger partial charge in [0.2, 0.25) is 10.0 Å². The lowest BCUT2D eigenvalue weighted by molar-refractivity contribution is 0.0526. The van der Waals surface area contributed by atoms with E-state index in [0.717, 1.165) is 4.31 Å². The van der Waals surface area contributed by atoms with Crippen LogP contribution in [0.4, 0.5) is 0 Å². The summed E-state index contributed by atoms with van der Waals surface area (Å²) >= 11 is 0. The Morgan fingerprint density at radius 1 is 1.45 bits per heavy atom. The summed E-state index contributed by atoms with van der Waals surface area (Å²) in [5.74, 6) is -0.597. The minimum absolute atomic E-state index is 0.0643.